The van der Waals surface area contributed by atoms with Gasteiger partial charge in [0.1, 0.15) is 11.5 Å². The maximum atomic E-state index is 12.0. The van der Waals surface area contributed by atoms with Crippen molar-refractivity contribution in [1.29, 1.82) is 5.26 Å². The minimum absolute atomic E-state index is 0.340. The summed E-state index contributed by atoms with van der Waals surface area (Å²) < 4.78 is 5.09. The van der Waals surface area contributed by atoms with Crippen LogP contribution < -0.4 is 5.32 Å². The molecule has 2 N–H and O–H groups in total. The Morgan fingerprint density at radius 3 is 3.06 bits per heavy atom. The molecule has 0 bridgehead atoms. The van der Waals surface area contributed by atoms with E-state index in [0.717, 1.165) is 42.3 Å². The molecule has 4 rings (SSSR count). The number of nitriles is 1. The lowest BCUT2D eigenvalue weighted by Gasteiger charge is -2.31. The molecule has 3 aromatic rings. The number of thiazole rings is 1. The van der Waals surface area contributed by atoms with E-state index in [1.165, 1.54) is 0 Å². The molecule has 1 aliphatic heterocycles. The summed E-state index contributed by atoms with van der Waals surface area (Å²) in [5, 5.41) is 21.8. The normalized spacial score (nSPS) is 14.8. The second kappa shape index (κ2) is 9.68. The predicted octanol–water partition coefficient (Wildman–Crippen LogP) is 3.43. The number of aromatic nitrogens is 4. The first-order valence-electron chi connectivity index (χ1n) is 10.2. The Labute approximate surface area is 184 Å². The van der Waals surface area contributed by atoms with Crippen molar-refractivity contribution in [2.75, 3.05) is 25.0 Å². The van der Waals surface area contributed by atoms with Crippen molar-refractivity contribution in [1.82, 2.24) is 25.1 Å². The van der Waals surface area contributed by atoms with E-state index in [9.17, 15) is 4.79 Å². The lowest BCUT2D eigenvalue weighted by atomic mass is 9.94. The number of hydrogen-bond donors (Lipinski definition) is 2. The molecule has 0 spiro atoms. The van der Waals surface area contributed by atoms with Crippen LogP contribution in [-0.4, -0.2) is 50.7 Å². The summed E-state index contributed by atoms with van der Waals surface area (Å²) in [7, 11) is 0. The molecule has 0 aliphatic carbocycles. The van der Waals surface area contributed by atoms with Crippen molar-refractivity contribution < 1.29 is 9.53 Å². The van der Waals surface area contributed by atoms with Gasteiger partial charge in [-0.15, -0.1) is 11.3 Å². The van der Waals surface area contributed by atoms with Gasteiger partial charge in [-0.1, -0.05) is 0 Å². The monoisotopic (exact) mass is 437 g/mol. The number of carbonyl (C=O) groups is 1. The molecule has 0 aromatic carbocycles. The van der Waals surface area contributed by atoms with E-state index in [1.54, 1.807) is 42.8 Å². The van der Waals surface area contributed by atoms with Crippen LogP contribution >= 0.6 is 11.3 Å². The van der Waals surface area contributed by atoms with E-state index in [0.29, 0.717) is 36.1 Å². The molecule has 0 unspecified atom stereocenters. The van der Waals surface area contributed by atoms with Gasteiger partial charge >= 0.3 is 5.97 Å². The number of H-pyrrole nitrogens is 1. The van der Waals surface area contributed by atoms with Crippen LogP contribution in [0.1, 0.15) is 53.0 Å². The maximum absolute atomic E-state index is 12.0. The molecule has 1 saturated heterocycles. The van der Waals surface area contributed by atoms with E-state index in [4.69, 9.17) is 15.0 Å². The van der Waals surface area contributed by atoms with Crippen molar-refractivity contribution in [3.05, 3.63) is 52.4 Å². The molecule has 0 amide bonds. The summed E-state index contributed by atoms with van der Waals surface area (Å²) in [6, 6.07) is 5.49. The van der Waals surface area contributed by atoms with Crippen molar-refractivity contribution in [3.8, 4) is 6.07 Å². The van der Waals surface area contributed by atoms with Gasteiger partial charge in [0.05, 0.1) is 30.1 Å². The number of pyridine rings is 1. The number of carbonyl (C=O) groups excluding carboxylic acids is 1. The summed E-state index contributed by atoms with van der Waals surface area (Å²) in [6.45, 7) is 4.64. The van der Waals surface area contributed by atoms with Gasteiger partial charge in [0.15, 0.2) is 5.13 Å². The van der Waals surface area contributed by atoms with Crippen LogP contribution in [-0.2, 0) is 11.3 Å². The zero-order chi connectivity index (χ0) is 21.6. The summed E-state index contributed by atoms with van der Waals surface area (Å²) in [5.41, 5.74) is 2.95. The first kappa shape index (κ1) is 21.0. The smallest absolute Gasteiger partial charge is 0.356 e. The standard InChI is InChI=1S/C21H23N7O2S/c1-2-30-20(29)19-16(11-24-27-19)12-28-7-4-15(5-8-28)17-13-31-21(25-17)26-18-9-14(10-22)3-6-23-18/h3,6,9,11,13,15H,2,4-5,7-8,12H2,1H3,(H,24,27)(H,23,25,26). The number of nitrogens with one attached hydrogen (secondary N) is 2. The van der Waals surface area contributed by atoms with Gasteiger partial charge in [0.25, 0.3) is 0 Å². The zero-order valence-corrected chi connectivity index (χ0v) is 18.0. The average Bonchev–Trinajstić information content (AvgIpc) is 3.44. The van der Waals surface area contributed by atoms with Crippen molar-refractivity contribution in [2.45, 2.75) is 32.2 Å². The third-order valence-electron chi connectivity index (χ3n) is 5.24. The Kier molecular flexibility index (Phi) is 6.54. The van der Waals surface area contributed by atoms with Gasteiger partial charge in [-0.3, -0.25) is 10.00 Å². The summed E-state index contributed by atoms with van der Waals surface area (Å²) in [6.07, 6.45) is 5.31. The van der Waals surface area contributed by atoms with Crippen LogP contribution in [0.25, 0.3) is 0 Å². The van der Waals surface area contributed by atoms with Crippen LogP contribution in [0.4, 0.5) is 10.9 Å². The highest BCUT2D eigenvalue weighted by Crippen LogP contribution is 2.32. The fraction of sp³-hybridized carbons (Fsp3) is 0.381. The predicted molar refractivity (Wildman–Crippen MR) is 116 cm³/mol. The summed E-state index contributed by atoms with van der Waals surface area (Å²) in [5.74, 6) is 0.657. The third kappa shape index (κ3) is 5.07. The largest absolute Gasteiger partial charge is 0.461 e. The average molecular weight is 438 g/mol. The number of rotatable bonds is 7. The Morgan fingerprint density at radius 2 is 2.29 bits per heavy atom. The second-order valence-corrected chi connectivity index (χ2v) is 8.14. The number of hydrogen-bond acceptors (Lipinski definition) is 9. The number of piperidine rings is 1. The SMILES string of the molecule is CCOC(=O)c1[nH]ncc1CN1CCC(c2csc(Nc3cc(C#N)ccn3)n2)CC1. The maximum Gasteiger partial charge on any atom is 0.356 e. The number of esters is 1. The molecule has 3 aromatic heterocycles. The zero-order valence-electron chi connectivity index (χ0n) is 17.2. The first-order valence-corrected chi connectivity index (χ1v) is 11.0. The number of nitrogens with zero attached hydrogens (tertiary/aromatic N) is 5. The molecule has 4 heterocycles. The third-order valence-corrected chi connectivity index (χ3v) is 6.02. The van der Waals surface area contributed by atoms with Gasteiger partial charge in [-0.2, -0.15) is 10.4 Å². The summed E-state index contributed by atoms with van der Waals surface area (Å²) in [4.78, 5) is 23.3. The first-order chi connectivity index (χ1) is 15.2. The van der Waals surface area contributed by atoms with E-state index in [-0.39, 0.29) is 5.97 Å². The van der Waals surface area contributed by atoms with Crippen LogP contribution in [0.15, 0.2) is 29.9 Å². The Morgan fingerprint density at radius 1 is 1.45 bits per heavy atom. The van der Waals surface area contributed by atoms with Gasteiger partial charge in [-0.25, -0.2) is 14.8 Å². The summed E-state index contributed by atoms with van der Waals surface area (Å²) >= 11 is 1.54. The van der Waals surface area contributed by atoms with Crippen LogP contribution in [0.3, 0.4) is 0 Å². The lowest BCUT2D eigenvalue weighted by Crippen LogP contribution is -2.33. The highest BCUT2D eigenvalue weighted by atomic mass is 32.1. The Bertz CT molecular complexity index is 1080. The highest BCUT2D eigenvalue weighted by molar-refractivity contribution is 7.13. The van der Waals surface area contributed by atoms with Crippen molar-refractivity contribution in [3.63, 3.8) is 0 Å². The van der Waals surface area contributed by atoms with Crippen LogP contribution in [0, 0.1) is 11.3 Å². The van der Waals surface area contributed by atoms with E-state index in [1.807, 2.05) is 0 Å². The fourth-order valence-electron chi connectivity index (χ4n) is 3.65. The van der Waals surface area contributed by atoms with E-state index in [2.05, 4.69) is 36.8 Å². The minimum atomic E-state index is -0.359. The lowest BCUT2D eigenvalue weighted by molar-refractivity contribution is 0.0516. The molecule has 1 aliphatic rings. The molecule has 0 radical (unpaired) electrons. The number of anilines is 2. The molecule has 0 atom stereocenters. The molecular formula is C21H23N7O2S. The number of ether oxygens (including phenoxy) is 1. The van der Waals surface area contributed by atoms with Crippen molar-refractivity contribution >= 4 is 28.3 Å². The topological polar surface area (TPSA) is 120 Å². The quantitative estimate of drug-likeness (QED) is 0.540. The van der Waals surface area contributed by atoms with E-state index < -0.39 is 0 Å². The number of aromatic amines is 1. The number of likely N-dealkylation sites (tertiary alicyclic amines) is 1. The molecule has 9 nitrogen and oxygen atoms in total. The van der Waals surface area contributed by atoms with Crippen molar-refractivity contribution in [2.24, 2.45) is 0 Å². The van der Waals surface area contributed by atoms with Gasteiger partial charge in [0, 0.05) is 29.6 Å². The molecule has 1 fully saturated rings. The minimum Gasteiger partial charge on any atom is -0.461 e. The Hall–Kier alpha value is -3.29. The second-order valence-electron chi connectivity index (χ2n) is 7.29. The van der Waals surface area contributed by atoms with Gasteiger partial charge < -0.3 is 10.1 Å². The Balaban J connectivity index is 1.32. The highest BCUT2D eigenvalue weighted by Gasteiger charge is 2.24. The van der Waals surface area contributed by atoms with Gasteiger partial charge in [-0.05, 0) is 45.0 Å². The molecule has 10 heteroatoms. The van der Waals surface area contributed by atoms with Crippen LogP contribution in [0.2, 0.25) is 0 Å². The molecule has 31 heavy (non-hydrogen) atoms. The van der Waals surface area contributed by atoms with Crippen LogP contribution in [0.5, 0.6) is 0 Å². The molecule has 160 valence electrons. The van der Waals surface area contributed by atoms with Gasteiger partial charge in [0.2, 0.25) is 0 Å². The molecular weight excluding hydrogens is 414 g/mol. The fourth-order valence-corrected chi connectivity index (χ4v) is 4.45. The van der Waals surface area contributed by atoms with E-state index >= 15 is 0 Å². The molecule has 0 saturated carbocycles.